The number of ether oxygens (including phenoxy) is 1. The Morgan fingerprint density at radius 2 is 2.07 bits per heavy atom. The lowest BCUT2D eigenvalue weighted by atomic mass is 10.0. The van der Waals surface area contributed by atoms with Crippen molar-refractivity contribution < 1.29 is 9.53 Å². The lowest BCUT2D eigenvalue weighted by Crippen LogP contribution is -1.93. The van der Waals surface area contributed by atoms with E-state index in [1.807, 2.05) is 6.08 Å². The van der Waals surface area contributed by atoms with Gasteiger partial charge in [-0.3, -0.25) is 0 Å². The van der Waals surface area contributed by atoms with Crippen LogP contribution in [0.2, 0.25) is 0 Å². The van der Waals surface area contributed by atoms with Crippen LogP contribution in [0, 0.1) is 5.92 Å². The molecule has 1 atom stereocenters. The molecule has 0 amide bonds. The van der Waals surface area contributed by atoms with E-state index in [0.717, 1.165) is 12.3 Å². The van der Waals surface area contributed by atoms with Gasteiger partial charge in [0.05, 0.1) is 7.11 Å². The minimum absolute atomic E-state index is 0.255. The quantitative estimate of drug-likeness (QED) is 0.348. The van der Waals surface area contributed by atoms with Gasteiger partial charge in [-0.25, -0.2) is 4.79 Å². The van der Waals surface area contributed by atoms with Crippen LogP contribution in [0.25, 0.3) is 0 Å². The molecule has 0 saturated carbocycles. The standard InChI is InChI=1S/C13H24O2/c1-4-12(2)10-8-6-5-7-9-11-13(14)15-3/h9,11-12H,4-8,10H2,1-3H3/b11-9+. The molecule has 0 bridgehead atoms. The summed E-state index contributed by atoms with van der Waals surface area (Å²) < 4.78 is 4.50. The number of rotatable bonds is 8. The van der Waals surface area contributed by atoms with E-state index in [4.69, 9.17) is 0 Å². The molecule has 0 aliphatic rings. The van der Waals surface area contributed by atoms with Crippen molar-refractivity contribution in [3.63, 3.8) is 0 Å². The Morgan fingerprint density at radius 1 is 1.33 bits per heavy atom. The number of carbonyl (C=O) groups is 1. The average molecular weight is 212 g/mol. The highest BCUT2D eigenvalue weighted by Gasteiger charge is 1.97. The zero-order valence-corrected chi connectivity index (χ0v) is 10.3. The second-order valence-corrected chi connectivity index (χ2v) is 4.08. The van der Waals surface area contributed by atoms with Crippen molar-refractivity contribution in [3.8, 4) is 0 Å². The number of hydrogen-bond donors (Lipinski definition) is 0. The predicted octanol–water partition coefficient (Wildman–Crippen LogP) is 3.71. The maximum atomic E-state index is 10.7. The molecule has 0 rings (SSSR count). The van der Waals surface area contributed by atoms with Crippen LogP contribution in [-0.4, -0.2) is 13.1 Å². The van der Waals surface area contributed by atoms with Crippen LogP contribution in [0.3, 0.4) is 0 Å². The van der Waals surface area contributed by atoms with Crippen LogP contribution in [-0.2, 0) is 9.53 Å². The van der Waals surface area contributed by atoms with Gasteiger partial charge in [-0.2, -0.15) is 0 Å². The van der Waals surface area contributed by atoms with E-state index in [2.05, 4.69) is 18.6 Å². The largest absolute Gasteiger partial charge is 0.466 e. The number of methoxy groups -OCH3 is 1. The summed E-state index contributed by atoms with van der Waals surface area (Å²) in [6, 6.07) is 0. The highest BCUT2D eigenvalue weighted by atomic mass is 16.5. The first-order chi connectivity index (χ1) is 7.20. The zero-order valence-electron chi connectivity index (χ0n) is 10.3. The van der Waals surface area contributed by atoms with E-state index in [9.17, 15) is 4.79 Å². The van der Waals surface area contributed by atoms with Gasteiger partial charge in [0.15, 0.2) is 0 Å². The monoisotopic (exact) mass is 212 g/mol. The van der Waals surface area contributed by atoms with Gasteiger partial charge in [-0.1, -0.05) is 45.6 Å². The molecule has 2 nitrogen and oxygen atoms in total. The molecule has 0 aromatic heterocycles. The summed E-state index contributed by atoms with van der Waals surface area (Å²) in [4.78, 5) is 10.7. The van der Waals surface area contributed by atoms with Crippen molar-refractivity contribution in [2.24, 2.45) is 5.92 Å². The number of unbranched alkanes of at least 4 members (excludes halogenated alkanes) is 3. The van der Waals surface area contributed by atoms with E-state index in [-0.39, 0.29) is 5.97 Å². The van der Waals surface area contributed by atoms with Gasteiger partial charge in [0, 0.05) is 6.08 Å². The lowest BCUT2D eigenvalue weighted by molar-refractivity contribution is -0.134. The summed E-state index contributed by atoms with van der Waals surface area (Å²) in [6.07, 6.45) is 10.7. The molecule has 0 spiro atoms. The topological polar surface area (TPSA) is 26.3 Å². The summed E-state index contributed by atoms with van der Waals surface area (Å²) in [7, 11) is 1.40. The third-order valence-corrected chi connectivity index (χ3v) is 2.72. The zero-order chi connectivity index (χ0) is 11.5. The Hall–Kier alpha value is -0.790. The molecule has 0 aromatic rings. The summed E-state index contributed by atoms with van der Waals surface area (Å²) in [5.41, 5.74) is 0. The smallest absolute Gasteiger partial charge is 0.330 e. The second-order valence-electron chi connectivity index (χ2n) is 4.08. The molecule has 0 saturated heterocycles. The lowest BCUT2D eigenvalue weighted by Gasteiger charge is -2.06. The van der Waals surface area contributed by atoms with Crippen molar-refractivity contribution >= 4 is 5.97 Å². The fraction of sp³-hybridized carbons (Fsp3) is 0.769. The summed E-state index contributed by atoms with van der Waals surface area (Å²) in [5.74, 6) is 0.602. The van der Waals surface area contributed by atoms with E-state index in [1.54, 1.807) is 0 Å². The van der Waals surface area contributed by atoms with Crippen LogP contribution >= 0.6 is 0 Å². The fourth-order valence-corrected chi connectivity index (χ4v) is 1.38. The maximum absolute atomic E-state index is 10.7. The number of allylic oxidation sites excluding steroid dienone is 1. The second kappa shape index (κ2) is 9.75. The first-order valence-corrected chi connectivity index (χ1v) is 5.95. The van der Waals surface area contributed by atoms with Gasteiger partial charge >= 0.3 is 5.97 Å². The summed E-state index contributed by atoms with van der Waals surface area (Å²) in [6.45, 7) is 4.54. The predicted molar refractivity (Wildman–Crippen MR) is 63.7 cm³/mol. The molecule has 0 fully saturated rings. The van der Waals surface area contributed by atoms with Crippen molar-refractivity contribution in [3.05, 3.63) is 12.2 Å². The van der Waals surface area contributed by atoms with E-state index in [1.165, 1.54) is 45.3 Å². The molecule has 0 radical (unpaired) electrons. The first kappa shape index (κ1) is 14.2. The Kier molecular flexibility index (Phi) is 9.24. The van der Waals surface area contributed by atoms with Crippen molar-refractivity contribution in [1.82, 2.24) is 0 Å². The van der Waals surface area contributed by atoms with Gasteiger partial charge in [0.25, 0.3) is 0 Å². The van der Waals surface area contributed by atoms with Crippen molar-refractivity contribution in [2.75, 3.05) is 7.11 Å². The highest BCUT2D eigenvalue weighted by molar-refractivity contribution is 5.81. The van der Waals surface area contributed by atoms with Crippen molar-refractivity contribution in [1.29, 1.82) is 0 Å². The van der Waals surface area contributed by atoms with Gasteiger partial charge in [0.1, 0.15) is 0 Å². The third kappa shape index (κ3) is 9.51. The Labute approximate surface area is 93.7 Å². The van der Waals surface area contributed by atoms with Gasteiger partial charge < -0.3 is 4.74 Å². The SMILES string of the molecule is CCC(C)CCCCC/C=C/C(=O)OC. The normalized spacial score (nSPS) is 13.0. The molecule has 1 unspecified atom stereocenters. The van der Waals surface area contributed by atoms with E-state index in [0.29, 0.717) is 0 Å². The molecule has 0 aliphatic carbocycles. The van der Waals surface area contributed by atoms with Crippen LogP contribution < -0.4 is 0 Å². The molecular formula is C13H24O2. The van der Waals surface area contributed by atoms with Crippen LogP contribution in [0.5, 0.6) is 0 Å². The molecule has 0 aliphatic heterocycles. The summed E-state index contributed by atoms with van der Waals surface area (Å²) in [5, 5.41) is 0. The maximum Gasteiger partial charge on any atom is 0.330 e. The Balaban J connectivity index is 3.25. The molecule has 2 heteroatoms. The van der Waals surface area contributed by atoms with E-state index >= 15 is 0 Å². The number of carbonyl (C=O) groups excluding carboxylic acids is 1. The van der Waals surface area contributed by atoms with Gasteiger partial charge in [-0.15, -0.1) is 0 Å². The van der Waals surface area contributed by atoms with E-state index < -0.39 is 0 Å². The number of esters is 1. The molecule has 15 heavy (non-hydrogen) atoms. The molecule has 0 N–H and O–H groups in total. The van der Waals surface area contributed by atoms with Gasteiger partial charge in [0.2, 0.25) is 0 Å². The van der Waals surface area contributed by atoms with Crippen LogP contribution in [0.15, 0.2) is 12.2 Å². The Morgan fingerprint density at radius 3 is 2.67 bits per heavy atom. The number of hydrogen-bond acceptors (Lipinski definition) is 2. The molecule has 88 valence electrons. The Bertz CT molecular complexity index is 185. The first-order valence-electron chi connectivity index (χ1n) is 5.95. The minimum atomic E-state index is -0.255. The molecule has 0 aromatic carbocycles. The summed E-state index contributed by atoms with van der Waals surface area (Å²) >= 11 is 0. The van der Waals surface area contributed by atoms with Crippen LogP contribution in [0.1, 0.15) is 52.4 Å². The van der Waals surface area contributed by atoms with Crippen LogP contribution in [0.4, 0.5) is 0 Å². The average Bonchev–Trinajstić information content (AvgIpc) is 2.26. The molecular weight excluding hydrogens is 188 g/mol. The minimum Gasteiger partial charge on any atom is -0.466 e. The van der Waals surface area contributed by atoms with Gasteiger partial charge in [-0.05, 0) is 18.8 Å². The molecule has 0 heterocycles. The highest BCUT2D eigenvalue weighted by Crippen LogP contribution is 2.12. The van der Waals surface area contributed by atoms with Crippen molar-refractivity contribution in [2.45, 2.75) is 52.4 Å². The third-order valence-electron chi connectivity index (χ3n) is 2.72. The fourth-order valence-electron chi connectivity index (χ4n) is 1.38.